The normalized spacial score (nSPS) is 17.9. The van der Waals surface area contributed by atoms with Crippen LogP contribution in [0.15, 0.2) is 0 Å². The first kappa shape index (κ1) is 14.6. The molecule has 1 aromatic rings. The van der Waals surface area contributed by atoms with E-state index in [2.05, 4.69) is 26.6 Å². The highest BCUT2D eigenvalue weighted by Crippen LogP contribution is 2.22. The number of nitrogens with zero attached hydrogens (tertiary/aromatic N) is 4. The quantitative estimate of drug-likeness (QED) is 0.794. The molecule has 0 saturated carbocycles. The van der Waals surface area contributed by atoms with Gasteiger partial charge >= 0.3 is 0 Å². The predicted molar refractivity (Wildman–Crippen MR) is 65.1 cm³/mol. The Morgan fingerprint density at radius 2 is 2.22 bits per heavy atom. The average molecular weight is 256 g/mol. The summed E-state index contributed by atoms with van der Waals surface area (Å²) >= 11 is 0. The molecule has 0 amide bonds. The third kappa shape index (κ3) is 3.51. The molecule has 0 fully saturated rings. The second kappa shape index (κ2) is 7.07. The fourth-order valence-corrected chi connectivity index (χ4v) is 1.93. The molecule has 1 aliphatic rings. The van der Waals surface area contributed by atoms with Crippen LogP contribution in [0, 0.1) is 0 Å². The van der Waals surface area contributed by atoms with E-state index in [-0.39, 0.29) is 6.47 Å². The molecule has 1 aromatic heterocycles. The van der Waals surface area contributed by atoms with Crippen molar-refractivity contribution in [1.82, 2.24) is 19.7 Å². The van der Waals surface area contributed by atoms with Crippen molar-refractivity contribution in [1.29, 1.82) is 0 Å². The molecule has 1 unspecified atom stereocenters. The van der Waals surface area contributed by atoms with Gasteiger partial charge in [-0.1, -0.05) is 6.92 Å². The SMILES string of the molecule is CCC1COCc2nnc(CN(C)C)n21.O=CO. The molecule has 7 heteroatoms. The summed E-state index contributed by atoms with van der Waals surface area (Å²) in [6.45, 7) is 4.13. The van der Waals surface area contributed by atoms with Crippen LogP contribution in [0.5, 0.6) is 0 Å². The average Bonchev–Trinajstić information content (AvgIpc) is 2.73. The van der Waals surface area contributed by atoms with Gasteiger partial charge in [-0.05, 0) is 20.5 Å². The Labute approximate surface area is 106 Å². The van der Waals surface area contributed by atoms with Crippen LogP contribution < -0.4 is 0 Å². The van der Waals surface area contributed by atoms with E-state index in [4.69, 9.17) is 14.6 Å². The molecule has 1 N–H and O–H groups in total. The number of ether oxygens (including phenoxy) is 1. The minimum atomic E-state index is -0.250. The topological polar surface area (TPSA) is 80.5 Å². The fraction of sp³-hybridized carbons (Fsp3) is 0.727. The van der Waals surface area contributed by atoms with Crippen LogP contribution in [0.3, 0.4) is 0 Å². The monoisotopic (exact) mass is 256 g/mol. The highest BCUT2D eigenvalue weighted by Gasteiger charge is 2.23. The molecule has 102 valence electrons. The third-order valence-electron chi connectivity index (χ3n) is 2.67. The summed E-state index contributed by atoms with van der Waals surface area (Å²) in [7, 11) is 4.09. The van der Waals surface area contributed by atoms with E-state index in [0.717, 1.165) is 31.2 Å². The minimum Gasteiger partial charge on any atom is -0.483 e. The molecule has 1 aliphatic heterocycles. The van der Waals surface area contributed by atoms with Crippen molar-refractivity contribution < 1.29 is 14.6 Å². The van der Waals surface area contributed by atoms with Crippen LogP contribution in [0.25, 0.3) is 0 Å². The summed E-state index contributed by atoms with van der Waals surface area (Å²) in [6.07, 6.45) is 1.06. The lowest BCUT2D eigenvalue weighted by molar-refractivity contribution is -0.122. The van der Waals surface area contributed by atoms with Crippen LogP contribution in [-0.2, 0) is 22.7 Å². The van der Waals surface area contributed by atoms with Gasteiger partial charge in [-0.25, -0.2) is 0 Å². The first-order valence-electron chi connectivity index (χ1n) is 5.87. The standard InChI is InChI=1S/C10H18N4O.CH2O2/c1-4-8-6-15-7-10-12-11-9(14(8)10)5-13(2)3;2-1-3/h8H,4-7H2,1-3H3;1H,(H,2,3). The van der Waals surface area contributed by atoms with Crippen molar-refractivity contribution in [3.05, 3.63) is 11.6 Å². The first-order chi connectivity index (χ1) is 8.63. The molecule has 2 heterocycles. The van der Waals surface area contributed by atoms with Crippen LogP contribution in [-0.4, -0.2) is 51.9 Å². The lowest BCUT2D eigenvalue weighted by Gasteiger charge is -2.25. The molecule has 0 bridgehead atoms. The second-order valence-corrected chi connectivity index (χ2v) is 4.32. The minimum absolute atomic E-state index is 0.250. The van der Waals surface area contributed by atoms with Crippen molar-refractivity contribution in [2.45, 2.75) is 32.5 Å². The van der Waals surface area contributed by atoms with E-state index >= 15 is 0 Å². The molecule has 7 nitrogen and oxygen atoms in total. The maximum absolute atomic E-state index is 8.36. The molecule has 2 rings (SSSR count). The molecule has 0 aliphatic carbocycles. The van der Waals surface area contributed by atoms with E-state index in [1.807, 2.05) is 14.1 Å². The zero-order chi connectivity index (χ0) is 13.5. The van der Waals surface area contributed by atoms with Crippen LogP contribution in [0.1, 0.15) is 31.0 Å². The largest absolute Gasteiger partial charge is 0.483 e. The molecule has 0 aromatic carbocycles. The molecule has 18 heavy (non-hydrogen) atoms. The number of carboxylic acid groups (broad SMARTS) is 1. The van der Waals surface area contributed by atoms with Gasteiger partial charge in [-0.15, -0.1) is 10.2 Å². The third-order valence-corrected chi connectivity index (χ3v) is 2.67. The number of carbonyl (C=O) groups is 1. The van der Waals surface area contributed by atoms with Gasteiger partial charge in [-0.2, -0.15) is 0 Å². The molecule has 0 saturated heterocycles. The molecule has 1 atom stereocenters. The van der Waals surface area contributed by atoms with E-state index in [1.54, 1.807) is 0 Å². The van der Waals surface area contributed by atoms with Crippen molar-refractivity contribution in [3.8, 4) is 0 Å². The zero-order valence-electron chi connectivity index (χ0n) is 11.0. The Balaban J connectivity index is 0.000000492. The van der Waals surface area contributed by atoms with Gasteiger partial charge in [0.15, 0.2) is 5.82 Å². The van der Waals surface area contributed by atoms with E-state index in [1.165, 1.54) is 0 Å². The summed E-state index contributed by atoms with van der Waals surface area (Å²) in [6, 6.07) is 0.402. The zero-order valence-corrected chi connectivity index (χ0v) is 11.0. The number of fused-ring (bicyclic) bond motifs is 1. The van der Waals surface area contributed by atoms with Crippen molar-refractivity contribution >= 4 is 6.47 Å². The van der Waals surface area contributed by atoms with Crippen molar-refractivity contribution in [3.63, 3.8) is 0 Å². The predicted octanol–water partition coefficient (Wildman–Crippen LogP) is 0.522. The van der Waals surface area contributed by atoms with Crippen LogP contribution in [0.2, 0.25) is 0 Å². The smallest absolute Gasteiger partial charge is 0.290 e. The maximum atomic E-state index is 8.36. The van der Waals surface area contributed by atoms with Gasteiger partial charge in [0.2, 0.25) is 0 Å². The second-order valence-electron chi connectivity index (χ2n) is 4.32. The number of hydrogen-bond donors (Lipinski definition) is 1. The Hall–Kier alpha value is -1.47. The van der Waals surface area contributed by atoms with Gasteiger partial charge in [0, 0.05) is 0 Å². The number of hydrogen-bond acceptors (Lipinski definition) is 5. The summed E-state index contributed by atoms with van der Waals surface area (Å²) in [5.41, 5.74) is 0. The van der Waals surface area contributed by atoms with Gasteiger partial charge in [0.05, 0.1) is 19.2 Å². The summed E-state index contributed by atoms with van der Waals surface area (Å²) in [5.74, 6) is 2.01. The Kier molecular flexibility index (Phi) is 5.73. The molecular formula is C11H20N4O3. The van der Waals surface area contributed by atoms with Gasteiger partial charge in [0.1, 0.15) is 12.4 Å². The lowest BCUT2D eigenvalue weighted by atomic mass is 10.2. The Morgan fingerprint density at radius 3 is 2.78 bits per heavy atom. The molecule has 0 radical (unpaired) electrons. The Morgan fingerprint density at radius 1 is 1.56 bits per heavy atom. The maximum Gasteiger partial charge on any atom is 0.290 e. The van der Waals surface area contributed by atoms with Gasteiger partial charge in [-0.3, -0.25) is 4.79 Å². The number of rotatable bonds is 3. The highest BCUT2D eigenvalue weighted by molar-refractivity contribution is 5.32. The summed E-state index contributed by atoms with van der Waals surface area (Å²) < 4.78 is 7.72. The fourth-order valence-electron chi connectivity index (χ4n) is 1.93. The van der Waals surface area contributed by atoms with Crippen LogP contribution in [0.4, 0.5) is 0 Å². The van der Waals surface area contributed by atoms with Crippen molar-refractivity contribution in [2.75, 3.05) is 20.7 Å². The van der Waals surface area contributed by atoms with Gasteiger partial charge in [0.25, 0.3) is 6.47 Å². The van der Waals surface area contributed by atoms with E-state index in [0.29, 0.717) is 12.6 Å². The lowest BCUT2D eigenvalue weighted by Crippen LogP contribution is -2.26. The van der Waals surface area contributed by atoms with Crippen LogP contribution >= 0.6 is 0 Å². The Bertz CT molecular complexity index is 378. The van der Waals surface area contributed by atoms with Crippen molar-refractivity contribution in [2.24, 2.45) is 0 Å². The summed E-state index contributed by atoms with van der Waals surface area (Å²) in [4.78, 5) is 10.5. The molecular weight excluding hydrogens is 236 g/mol. The van der Waals surface area contributed by atoms with Gasteiger partial charge < -0.3 is 19.3 Å². The summed E-state index contributed by atoms with van der Waals surface area (Å²) in [5, 5.41) is 15.3. The number of aromatic nitrogens is 3. The van der Waals surface area contributed by atoms with E-state index in [9.17, 15) is 0 Å². The van der Waals surface area contributed by atoms with E-state index < -0.39 is 0 Å². The molecule has 0 spiro atoms. The highest BCUT2D eigenvalue weighted by atomic mass is 16.5. The first-order valence-corrected chi connectivity index (χ1v) is 5.87.